The van der Waals surface area contributed by atoms with Crippen LogP contribution in [0.4, 0.5) is 11.4 Å². The summed E-state index contributed by atoms with van der Waals surface area (Å²) in [6, 6.07) is 15.2. The lowest BCUT2D eigenvalue weighted by atomic mass is 10.0. The summed E-state index contributed by atoms with van der Waals surface area (Å²) in [5.74, 6) is -1.07. The van der Waals surface area contributed by atoms with E-state index in [4.69, 9.17) is 5.11 Å². The average Bonchev–Trinajstić information content (AvgIpc) is 2.67. The molecule has 1 aliphatic heterocycles. The topological polar surface area (TPSA) is 86.9 Å². The van der Waals surface area contributed by atoms with Gasteiger partial charge in [0.15, 0.2) is 0 Å². The third-order valence-electron chi connectivity index (χ3n) is 4.90. The van der Waals surface area contributed by atoms with Crippen molar-refractivity contribution in [2.45, 2.75) is 12.8 Å². The van der Waals surface area contributed by atoms with Gasteiger partial charge in [-0.1, -0.05) is 30.3 Å². The highest BCUT2D eigenvalue weighted by Crippen LogP contribution is 2.22. The maximum absolute atomic E-state index is 11.2. The second-order valence-corrected chi connectivity index (χ2v) is 6.70. The molecular weight excluding hydrogens is 346 g/mol. The molecular formula is C20H23N3O4. The second-order valence-electron chi connectivity index (χ2n) is 6.70. The Hall–Kier alpha value is -2.93. The van der Waals surface area contributed by atoms with E-state index in [-0.39, 0.29) is 17.7 Å². The molecule has 7 nitrogen and oxygen atoms in total. The van der Waals surface area contributed by atoms with Gasteiger partial charge in [0.05, 0.1) is 11.3 Å². The molecule has 3 rings (SSSR count). The van der Waals surface area contributed by atoms with E-state index in [1.165, 1.54) is 11.8 Å². The predicted octanol–water partition coefficient (Wildman–Crippen LogP) is 2.59. The van der Waals surface area contributed by atoms with Gasteiger partial charge in [0.25, 0.3) is 5.69 Å². The minimum absolute atomic E-state index is 0.108. The fourth-order valence-corrected chi connectivity index (χ4v) is 3.40. The van der Waals surface area contributed by atoms with E-state index in [2.05, 4.69) is 21.9 Å². The number of hydrogen-bond donors (Lipinski definition) is 1. The van der Waals surface area contributed by atoms with Crippen LogP contribution in [0.15, 0.2) is 48.5 Å². The van der Waals surface area contributed by atoms with Crippen LogP contribution in [-0.2, 0) is 17.6 Å². The summed E-state index contributed by atoms with van der Waals surface area (Å²) in [7, 11) is 0. The van der Waals surface area contributed by atoms with Gasteiger partial charge in [0, 0.05) is 50.0 Å². The molecule has 0 bridgehead atoms. The fourth-order valence-electron chi connectivity index (χ4n) is 3.40. The predicted molar refractivity (Wildman–Crippen MR) is 103 cm³/mol. The Bertz CT molecular complexity index is 802. The molecule has 1 aliphatic rings. The average molecular weight is 369 g/mol. The van der Waals surface area contributed by atoms with Crippen molar-refractivity contribution in [2.24, 2.45) is 0 Å². The van der Waals surface area contributed by atoms with Gasteiger partial charge < -0.3 is 10.0 Å². The van der Waals surface area contributed by atoms with Crippen molar-refractivity contribution in [3.63, 3.8) is 0 Å². The Labute approximate surface area is 158 Å². The summed E-state index contributed by atoms with van der Waals surface area (Å²) in [5.41, 5.74) is 2.24. The summed E-state index contributed by atoms with van der Waals surface area (Å²) < 4.78 is 0. The number of carboxylic acids is 1. The van der Waals surface area contributed by atoms with Crippen molar-refractivity contribution in [2.75, 3.05) is 37.6 Å². The first-order valence-corrected chi connectivity index (χ1v) is 9.03. The second kappa shape index (κ2) is 8.64. The molecule has 0 aliphatic carbocycles. The van der Waals surface area contributed by atoms with Crippen molar-refractivity contribution in [3.05, 3.63) is 69.8 Å². The number of aliphatic carboxylic acids is 1. The number of carbonyl (C=O) groups is 1. The fraction of sp³-hybridized carbons (Fsp3) is 0.350. The minimum Gasteiger partial charge on any atom is -0.481 e. The van der Waals surface area contributed by atoms with Crippen molar-refractivity contribution in [1.29, 1.82) is 0 Å². The molecule has 0 spiro atoms. The molecule has 1 fully saturated rings. The zero-order valence-corrected chi connectivity index (χ0v) is 15.1. The number of anilines is 1. The first-order valence-electron chi connectivity index (χ1n) is 9.03. The van der Waals surface area contributed by atoms with E-state index in [1.807, 2.05) is 18.2 Å². The Morgan fingerprint density at radius 2 is 1.78 bits per heavy atom. The summed E-state index contributed by atoms with van der Waals surface area (Å²) in [5, 5.41) is 20.1. The molecule has 27 heavy (non-hydrogen) atoms. The van der Waals surface area contributed by atoms with Crippen molar-refractivity contribution in [1.82, 2.24) is 4.90 Å². The SMILES string of the molecule is O=C(O)Cc1ccc(CCN2CCN(c3ccccc3)CC2)cc1[N+](=O)[O-]. The highest BCUT2D eigenvalue weighted by atomic mass is 16.6. The Morgan fingerprint density at radius 1 is 1.07 bits per heavy atom. The normalized spacial score (nSPS) is 14.9. The lowest BCUT2D eigenvalue weighted by molar-refractivity contribution is -0.385. The Kier molecular flexibility index (Phi) is 6.03. The van der Waals surface area contributed by atoms with E-state index in [1.54, 1.807) is 12.1 Å². The number of hydrogen-bond acceptors (Lipinski definition) is 5. The van der Waals surface area contributed by atoms with Crippen LogP contribution in [-0.4, -0.2) is 53.6 Å². The molecule has 2 aromatic rings. The molecule has 7 heteroatoms. The molecule has 0 amide bonds. The molecule has 1 N–H and O–H groups in total. The quantitative estimate of drug-likeness (QED) is 0.596. The lowest BCUT2D eigenvalue weighted by Crippen LogP contribution is -2.46. The maximum Gasteiger partial charge on any atom is 0.308 e. The summed E-state index contributed by atoms with van der Waals surface area (Å²) in [4.78, 5) is 26.3. The van der Waals surface area contributed by atoms with Gasteiger partial charge in [-0.05, 0) is 24.1 Å². The van der Waals surface area contributed by atoms with Crippen LogP contribution in [0.25, 0.3) is 0 Å². The van der Waals surface area contributed by atoms with Crippen LogP contribution in [0.1, 0.15) is 11.1 Å². The molecule has 1 saturated heterocycles. The smallest absolute Gasteiger partial charge is 0.308 e. The van der Waals surface area contributed by atoms with Crippen LogP contribution >= 0.6 is 0 Å². The first-order chi connectivity index (χ1) is 13.0. The van der Waals surface area contributed by atoms with Crippen LogP contribution < -0.4 is 4.90 Å². The van der Waals surface area contributed by atoms with Gasteiger partial charge in [-0.15, -0.1) is 0 Å². The van der Waals surface area contributed by atoms with Crippen molar-refractivity contribution < 1.29 is 14.8 Å². The van der Waals surface area contributed by atoms with Gasteiger partial charge in [-0.25, -0.2) is 0 Å². The molecule has 0 radical (unpaired) electrons. The van der Waals surface area contributed by atoms with E-state index in [0.717, 1.165) is 38.3 Å². The van der Waals surface area contributed by atoms with E-state index in [0.29, 0.717) is 6.42 Å². The van der Waals surface area contributed by atoms with E-state index >= 15 is 0 Å². The summed E-state index contributed by atoms with van der Waals surface area (Å²) >= 11 is 0. The summed E-state index contributed by atoms with van der Waals surface area (Å²) in [6.07, 6.45) is 0.373. The van der Waals surface area contributed by atoms with Crippen LogP contribution in [0.2, 0.25) is 0 Å². The molecule has 2 aromatic carbocycles. The van der Waals surface area contributed by atoms with Crippen LogP contribution in [0, 0.1) is 10.1 Å². The number of nitrogens with zero attached hydrogens (tertiary/aromatic N) is 3. The largest absolute Gasteiger partial charge is 0.481 e. The number of piperazine rings is 1. The maximum atomic E-state index is 11.2. The third-order valence-corrected chi connectivity index (χ3v) is 4.90. The van der Waals surface area contributed by atoms with E-state index in [9.17, 15) is 14.9 Å². The molecule has 0 atom stereocenters. The Balaban J connectivity index is 1.55. The van der Waals surface area contributed by atoms with Gasteiger partial charge in [0.2, 0.25) is 0 Å². The molecule has 0 saturated carbocycles. The number of carboxylic acid groups (broad SMARTS) is 1. The first kappa shape index (κ1) is 18.8. The highest BCUT2D eigenvalue weighted by molar-refractivity contribution is 5.72. The minimum atomic E-state index is -1.07. The van der Waals surface area contributed by atoms with Gasteiger partial charge in [-0.2, -0.15) is 0 Å². The van der Waals surface area contributed by atoms with Crippen molar-refractivity contribution in [3.8, 4) is 0 Å². The van der Waals surface area contributed by atoms with Crippen molar-refractivity contribution >= 4 is 17.3 Å². The van der Waals surface area contributed by atoms with Gasteiger partial charge >= 0.3 is 5.97 Å². The molecule has 0 unspecified atom stereocenters. The van der Waals surface area contributed by atoms with Crippen LogP contribution in [0.5, 0.6) is 0 Å². The number of para-hydroxylation sites is 1. The standard InChI is InChI=1S/C20H23N3O4/c24-20(25)15-17-7-6-16(14-19(17)23(26)27)8-9-21-10-12-22(13-11-21)18-4-2-1-3-5-18/h1-7,14H,8-13,15H2,(H,24,25). The number of benzene rings is 2. The highest BCUT2D eigenvalue weighted by Gasteiger charge is 2.19. The molecule has 0 aromatic heterocycles. The van der Waals surface area contributed by atoms with Gasteiger partial charge in [-0.3, -0.25) is 19.8 Å². The molecule has 142 valence electrons. The molecule has 1 heterocycles. The Morgan fingerprint density at radius 3 is 2.41 bits per heavy atom. The zero-order valence-electron chi connectivity index (χ0n) is 15.1. The van der Waals surface area contributed by atoms with E-state index < -0.39 is 10.9 Å². The summed E-state index contributed by atoms with van der Waals surface area (Å²) in [6.45, 7) is 4.66. The lowest BCUT2D eigenvalue weighted by Gasteiger charge is -2.36. The van der Waals surface area contributed by atoms with Crippen LogP contribution in [0.3, 0.4) is 0 Å². The zero-order chi connectivity index (χ0) is 19.2. The van der Waals surface area contributed by atoms with Gasteiger partial charge in [0.1, 0.15) is 0 Å². The number of nitro benzene ring substituents is 1. The number of rotatable bonds is 7. The number of nitro groups is 1. The monoisotopic (exact) mass is 369 g/mol. The third kappa shape index (κ3) is 5.04.